The standard InChI is InChI=1S/C21H25N3O4S/c25-21(22-18-4-3-5-19(16-18)23-10-1-2-11-23)17-6-8-20(9-7-17)29(26,27)24-12-14-28-15-13-24/h3-9,16H,1-2,10-15H2,(H,22,25). The van der Waals surface area contributed by atoms with E-state index in [9.17, 15) is 13.2 Å². The quantitative estimate of drug-likeness (QED) is 0.812. The minimum Gasteiger partial charge on any atom is -0.379 e. The first-order valence-electron chi connectivity index (χ1n) is 9.88. The molecule has 7 nitrogen and oxygen atoms in total. The van der Waals surface area contributed by atoms with E-state index in [0.717, 1.165) is 24.5 Å². The van der Waals surface area contributed by atoms with Crippen molar-refractivity contribution in [2.75, 3.05) is 49.6 Å². The van der Waals surface area contributed by atoms with Crippen molar-refractivity contribution in [1.82, 2.24) is 4.31 Å². The van der Waals surface area contributed by atoms with Crippen molar-refractivity contribution in [3.63, 3.8) is 0 Å². The lowest BCUT2D eigenvalue weighted by atomic mass is 10.2. The molecule has 1 amide bonds. The lowest BCUT2D eigenvalue weighted by Gasteiger charge is -2.26. The van der Waals surface area contributed by atoms with E-state index < -0.39 is 10.0 Å². The maximum absolute atomic E-state index is 12.7. The van der Waals surface area contributed by atoms with Gasteiger partial charge in [0.2, 0.25) is 10.0 Å². The van der Waals surface area contributed by atoms with E-state index in [-0.39, 0.29) is 10.8 Å². The minimum atomic E-state index is -3.56. The molecular weight excluding hydrogens is 390 g/mol. The summed E-state index contributed by atoms with van der Waals surface area (Å²) in [5.41, 5.74) is 2.24. The molecule has 2 aliphatic rings. The van der Waals surface area contributed by atoms with Crippen molar-refractivity contribution in [3.05, 3.63) is 54.1 Å². The summed E-state index contributed by atoms with van der Waals surface area (Å²) in [5.74, 6) is -0.265. The van der Waals surface area contributed by atoms with Crippen LogP contribution in [-0.2, 0) is 14.8 Å². The van der Waals surface area contributed by atoms with Crippen LogP contribution in [0.1, 0.15) is 23.2 Å². The predicted octanol–water partition coefficient (Wildman–Crippen LogP) is 2.56. The zero-order valence-corrected chi connectivity index (χ0v) is 17.0. The molecule has 8 heteroatoms. The van der Waals surface area contributed by atoms with Gasteiger partial charge in [-0.2, -0.15) is 4.31 Å². The lowest BCUT2D eigenvalue weighted by molar-refractivity contribution is 0.0730. The summed E-state index contributed by atoms with van der Waals surface area (Å²) in [6.07, 6.45) is 2.38. The summed E-state index contributed by atoms with van der Waals surface area (Å²) in [5, 5.41) is 2.90. The van der Waals surface area contributed by atoms with Gasteiger partial charge >= 0.3 is 0 Å². The normalized spacial score (nSPS) is 18.0. The Bertz CT molecular complexity index is 964. The molecular formula is C21H25N3O4S. The first kappa shape index (κ1) is 19.9. The molecule has 29 heavy (non-hydrogen) atoms. The van der Waals surface area contributed by atoms with Crippen LogP contribution < -0.4 is 10.2 Å². The average molecular weight is 416 g/mol. The highest BCUT2D eigenvalue weighted by atomic mass is 32.2. The lowest BCUT2D eigenvalue weighted by Crippen LogP contribution is -2.40. The van der Waals surface area contributed by atoms with Crippen molar-refractivity contribution < 1.29 is 17.9 Å². The highest BCUT2D eigenvalue weighted by molar-refractivity contribution is 7.89. The van der Waals surface area contributed by atoms with Gasteiger partial charge in [-0.05, 0) is 55.3 Å². The van der Waals surface area contributed by atoms with E-state index in [1.807, 2.05) is 24.3 Å². The van der Waals surface area contributed by atoms with Gasteiger partial charge in [0.1, 0.15) is 0 Å². The van der Waals surface area contributed by atoms with Crippen LogP contribution in [-0.4, -0.2) is 58.0 Å². The Labute approximate surface area is 171 Å². The number of anilines is 2. The molecule has 2 aliphatic heterocycles. The maximum atomic E-state index is 12.7. The van der Waals surface area contributed by atoms with Gasteiger partial charge in [-0.1, -0.05) is 6.07 Å². The van der Waals surface area contributed by atoms with Crippen LogP contribution in [0.15, 0.2) is 53.4 Å². The van der Waals surface area contributed by atoms with Gasteiger partial charge in [-0.15, -0.1) is 0 Å². The number of amides is 1. The molecule has 0 radical (unpaired) electrons. The molecule has 0 bridgehead atoms. The number of carbonyl (C=O) groups is 1. The molecule has 0 aromatic heterocycles. The molecule has 4 rings (SSSR count). The third-order valence-electron chi connectivity index (χ3n) is 5.30. The molecule has 0 aliphatic carbocycles. The molecule has 0 saturated carbocycles. The third kappa shape index (κ3) is 4.44. The SMILES string of the molecule is O=C(Nc1cccc(N2CCCC2)c1)c1ccc(S(=O)(=O)N2CCOCC2)cc1. The third-order valence-corrected chi connectivity index (χ3v) is 7.21. The number of rotatable bonds is 5. The van der Waals surface area contributed by atoms with Gasteiger partial charge in [0, 0.05) is 43.1 Å². The van der Waals surface area contributed by atoms with Crippen molar-refractivity contribution in [2.45, 2.75) is 17.7 Å². The fourth-order valence-corrected chi connectivity index (χ4v) is 5.08. The summed E-state index contributed by atoms with van der Waals surface area (Å²) in [6, 6.07) is 13.9. The second kappa shape index (κ2) is 8.52. The second-order valence-electron chi connectivity index (χ2n) is 7.24. The number of nitrogens with one attached hydrogen (secondary N) is 1. The zero-order valence-electron chi connectivity index (χ0n) is 16.2. The molecule has 0 spiro atoms. The number of carbonyl (C=O) groups excluding carboxylic acids is 1. The summed E-state index contributed by atoms with van der Waals surface area (Å²) < 4.78 is 32.0. The van der Waals surface area contributed by atoms with Gasteiger partial charge in [-0.3, -0.25) is 4.79 Å². The molecule has 1 N–H and O–H groups in total. The van der Waals surface area contributed by atoms with Gasteiger partial charge in [-0.25, -0.2) is 8.42 Å². The Kier molecular flexibility index (Phi) is 5.84. The van der Waals surface area contributed by atoms with Crippen molar-refractivity contribution in [2.24, 2.45) is 0 Å². The topological polar surface area (TPSA) is 79.0 Å². The predicted molar refractivity (Wildman–Crippen MR) is 112 cm³/mol. The number of sulfonamides is 1. The Morgan fingerprint density at radius 3 is 2.31 bits per heavy atom. The van der Waals surface area contributed by atoms with Gasteiger partial charge in [0.25, 0.3) is 5.91 Å². The number of ether oxygens (including phenoxy) is 1. The van der Waals surface area contributed by atoms with Crippen LogP contribution in [0, 0.1) is 0 Å². The number of hydrogen-bond donors (Lipinski definition) is 1. The second-order valence-corrected chi connectivity index (χ2v) is 9.18. The molecule has 2 aromatic rings. The molecule has 0 atom stereocenters. The highest BCUT2D eigenvalue weighted by Crippen LogP contribution is 2.24. The van der Waals surface area contributed by atoms with Gasteiger partial charge in [0.15, 0.2) is 0 Å². The van der Waals surface area contributed by atoms with Crippen molar-refractivity contribution in [3.8, 4) is 0 Å². The van der Waals surface area contributed by atoms with E-state index in [4.69, 9.17) is 4.74 Å². The number of benzene rings is 2. The first-order valence-corrected chi connectivity index (χ1v) is 11.3. The molecule has 2 saturated heterocycles. The summed E-state index contributed by atoms with van der Waals surface area (Å²) >= 11 is 0. The Balaban J connectivity index is 1.45. The van der Waals surface area contributed by atoms with Crippen LogP contribution in [0.4, 0.5) is 11.4 Å². The largest absolute Gasteiger partial charge is 0.379 e. The molecule has 2 heterocycles. The average Bonchev–Trinajstić information content (AvgIpc) is 3.30. The Hall–Kier alpha value is -2.42. The zero-order chi connectivity index (χ0) is 20.3. The van der Waals surface area contributed by atoms with Gasteiger partial charge in [0.05, 0.1) is 18.1 Å². The minimum absolute atomic E-state index is 0.187. The summed E-state index contributed by atoms with van der Waals surface area (Å²) in [7, 11) is -3.56. The van der Waals surface area contributed by atoms with Crippen LogP contribution in [0.3, 0.4) is 0 Å². The van der Waals surface area contributed by atoms with E-state index >= 15 is 0 Å². The van der Waals surface area contributed by atoms with Crippen molar-refractivity contribution >= 4 is 27.3 Å². The number of nitrogens with zero attached hydrogens (tertiary/aromatic N) is 2. The van der Waals surface area contributed by atoms with E-state index in [1.54, 1.807) is 12.1 Å². The van der Waals surface area contributed by atoms with Crippen LogP contribution in [0.5, 0.6) is 0 Å². The highest BCUT2D eigenvalue weighted by Gasteiger charge is 2.26. The van der Waals surface area contributed by atoms with Crippen LogP contribution >= 0.6 is 0 Å². The van der Waals surface area contributed by atoms with Crippen LogP contribution in [0.25, 0.3) is 0 Å². The summed E-state index contributed by atoms with van der Waals surface area (Å²) in [6.45, 7) is 3.56. The smallest absolute Gasteiger partial charge is 0.255 e. The molecule has 0 unspecified atom stereocenters. The van der Waals surface area contributed by atoms with Gasteiger partial charge < -0.3 is 15.0 Å². The fourth-order valence-electron chi connectivity index (χ4n) is 3.67. The van der Waals surface area contributed by atoms with E-state index in [0.29, 0.717) is 31.9 Å². The monoisotopic (exact) mass is 415 g/mol. The maximum Gasteiger partial charge on any atom is 0.255 e. The summed E-state index contributed by atoms with van der Waals surface area (Å²) in [4.78, 5) is 15.1. The van der Waals surface area contributed by atoms with Crippen LogP contribution in [0.2, 0.25) is 0 Å². The van der Waals surface area contributed by atoms with E-state index in [2.05, 4.69) is 10.2 Å². The number of hydrogen-bond acceptors (Lipinski definition) is 5. The Morgan fingerprint density at radius 1 is 0.931 bits per heavy atom. The fraction of sp³-hybridized carbons (Fsp3) is 0.381. The molecule has 2 aromatic carbocycles. The molecule has 2 fully saturated rings. The number of morpholine rings is 1. The molecule has 154 valence electrons. The Morgan fingerprint density at radius 2 is 1.62 bits per heavy atom. The first-order chi connectivity index (χ1) is 14.0. The van der Waals surface area contributed by atoms with Crippen molar-refractivity contribution in [1.29, 1.82) is 0 Å². The van der Waals surface area contributed by atoms with E-state index in [1.165, 1.54) is 29.3 Å².